The number of nitrogens with two attached hydrogens (primary N) is 1. The number of benzene rings is 1. The summed E-state index contributed by atoms with van der Waals surface area (Å²) in [7, 11) is -1.86. The van der Waals surface area contributed by atoms with Crippen LogP contribution in [0.4, 0.5) is 5.69 Å². The molecule has 0 fully saturated rings. The van der Waals surface area contributed by atoms with Crippen LogP contribution in [0.3, 0.4) is 0 Å². The van der Waals surface area contributed by atoms with Crippen molar-refractivity contribution >= 4 is 21.7 Å². The van der Waals surface area contributed by atoms with Gasteiger partial charge in [0, 0.05) is 19.3 Å². The maximum absolute atomic E-state index is 11.2. The Morgan fingerprint density at radius 1 is 1.32 bits per heavy atom. The Morgan fingerprint density at radius 2 is 1.89 bits per heavy atom. The summed E-state index contributed by atoms with van der Waals surface area (Å²) < 4.78 is 27.0. The molecular formula is C12H18N2O4S. The molecule has 7 heteroatoms. The number of carbonyl (C=O) groups excluding carboxylic acids is 1. The first-order valence-electron chi connectivity index (χ1n) is 5.84. The van der Waals surface area contributed by atoms with Gasteiger partial charge in [-0.15, -0.1) is 0 Å². The van der Waals surface area contributed by atoms with Crippen LogP contribution in [0.5, 0.6) is 0 Å². The Hall–Kier alpha value is -1.60. The highest BCUT2D eigenvalue weighted by Gasteiger charge is 2.09. The van der Waals surface area contributed by atoms with Crippen molar-refractivity contribution in [3.63, 3.8) is 0 Å². The molecular weight excluding hydrogens is 268 g/mol. The van der Waals surface area contributed by atoms with Gasteiger partial charge in [0.15, 0.2) is 0 Å². The van der Waals surface area contributed by atoms with E-state index >= 15 is 0 Å². The van der Waals surface area contributed by atoms with Crippen molar-refractivity contribution in [3.05, 3.63) is 24.3 Å². The smallest absolute Gasteiger partial charge is 0.307 e. The van der Waals surface area contributed by atoms with E-state index in [1.165, 1.54) is 12.1 Å². The van der Waals surface area contributed by atoms with Gasteiger partial charge in [-0.25, -0.2) is 13.6 Å². The molecule has 0 amide bonds. The van der Waals surface area contributed by atoms with E-state index in [0.717, 1.165) is 5.69 Å². The predicted octanol–water partition coefficient (Wildman–Crippen LogP) is 0.723. The fourth-order valence-corrected chi connectivity index (χ4v) is 2.03. The molecule has 0 aromatic heterocycles. The first kappa shape index (κ1) is 15.5. The zero-order chi connectivity index (χ0) is 14.5. The molecule has 0 spiro atoms. The molecule has 6 nitrogen and oxygen atoms in total. The Balaban J connectivity index is 2.63. The fraction of sp³-hybridized carbons (Fsp3) is 0.417. The third-order valence-electron chi connectivity index (χ3n) is 2.56. The second kappa shape index (κ2) is 6.53. The molecule has 2 N–H and O–H groups in total. The molecule has 0 heterocycles. The minimum atomic E-state index is -3.67. The van der Waals surface area contributed by atoms with Crippen LogP contribution >= 0.6 is 0 Å². The van der Waals surface area contributed by atoms with Crippen molar-refractivity contribution in [2.45, 2.75) is 18.2 Å². The van der Waals surface area contributed by atoms with E-state index in [2.05, 4.69) is 0 Å². The normalized spacial score (nSPS) is 11.1. The number of ether oxygens (including phenoxy) is 1. The monoisotopic (exact) mass is 286 g/mol. The summed E-state index contributed by atoms with van der Waals surface area (Å²) in [4.78, 5) is 13.1. The van der Waals surface area contributed by atoms with E-state index in [4.69, 9.17) is 9.88 Å². The van der Waals surface area contributed by atoms with Crippen LogP contribution in [0.2, 0.25) is 0 Å². The standard InChI is InChI=1S/C12H18N2O4S/c1-3-18-12(15)8-9-14(2)10-4-6-11(7-5-10)19(13,16)17/h4-7H,3,8-9H2,1-2H3,(H2,13,16,17). The van der Waals surface area contributed by atoms with Gasteiger partial charge >= 0.3 is 5.97 Å². The summed E-state index contributed by atoms with van der Waals surface area (Å²) in [5.74, 6) is -0.254. The number of hydrogen-bond donors (Lipinski definition) is 1. The average Bonchev–Trinajstić information content (AvgIpc) is 2.35. The highest BCUT2D eigenvalue weighted by molar-refractivity contribution is 7.89. The zero-order valence-corrected chi connectivity index (χ0v) is 11.8. The van der Waals surface area contributed by atoms with Crippen molar-refractivity contribution in [1.82, 2.24) is 0 Å². The average molecular weight is 286 g/mol. The zero-order valence-electron chi connectivity index (χ0n) is 11.0. The molecule has 0 radical (unpaired) electrons. The number of sulfonamides is 1. The summed E-state index contributed by atoms with van der Waals surface area (Å²) in [6.07, 6.45) is 0.279. The molecule has 19 heavy (non-hydrogen) atoms. The van der Waals surface area contributed by atoms with Crippen molar-refractivity contribution in [2.75, 3.05) is 25.1 Å². The lowest BCUT2D eigenvalue weighted by atomic mass is 10.3. The van der Waals surface area contributed by atoms with Crippen molar-refractivity contribution in [3.8, 4) is 0 Å². The molecule has 1 aromatic carbocycles. The maximum atomic E-state index is 11.2. The molecule has 0 aliphatic carbocycles. The Labute approximate surface area is 113 Å². The van der Waals surface area contributed by atoms with E-state index in [-0.39, 0.29) is 17.3 Å². The number of rotatable bonds is 6. The van der Waals surface area contributed by atoms with Crippen LogP contribution in [0, 0.1) is 0 Å². The Kier molecular flexibility index (Phi) is 5.31. The molecule has 0 saturated heterocycles. The molecule has 0 unspecified atom stereocenters. The first-order chi connectivity index (χ1) is 8.84. The van der Waals surface area contributed by atoms with E-state index in [9.17, 15) is 13.2 Å². The second-order valence-corrected chi connectivity index (χ2v) is 5.58. The maximum Gasteiger partial charge on any atom is 0.307 e. The number of carbonyl (C=O) groups is 1. The SMILES string of the molecule is CCOC(=O)CCN(C)c1ccc(S(N)(=O)=O)cc1. The quantitative estimate of drug-likeness (QED) is 0.778. The van der Waals surface area contributed by atoms with Gasteiger partial charge in [0.05, 0.1) is 17.9 Å². The topological polar surface area (TPSA) is 89.7 Å². The van der Waals surface area contributed by atoms with Crippen LogP contribution in [-0.2, 0) is 19.6 Å². The third kappa shape index (κ3) is 4.88. The highest BCUT2D eigenvalue weighted by Crippen LogP contribution is 2.16. The van der Waals surface area contributed by atoms with Gasteiger partial charge in [-0.3, -0.25) is 4.79 Å². The summed E-state index contributed by atoms with van der Waals surface area (Å²) >= 11 is 0. The van der Waals surface area contributed by atoms with Crippen LogP contribution in [-0.4, -0.2) is 34.6 Å². The number of anilines is 1. The molecule has 0 aliphatic rings. The lowest BCUT2D eigenvalue weighted by Crippen LogP contribution is -2.22. The van der Waals surface area contributed by atoms with E-state index in [1.807, 2.05) is 11.9 Å². The van der Waals surface area contributed by atoms with Crippen LogP contribution < -0.4 is 10.0 Å². The van der Waals surface area contributed by atoms with Crippen LogP contribution in [0.1, 0.15) is 13.3 Å². The Bertz CT molecular complexity index is 525. The van der Waals surface area contributed by atoms with Gasteiger partial charge in [0.25, 0.3) is 0 Å². The largest absolute Gasteiger partial charge is 0.466 e. The van der Waals surface area contributed by atoms with Crippen LogP contribution in [0.15, 0.2) is 29.2 Å². The molecule has 0 atom stereocenters. The minimum absolute atomic E-state index is 0.0649. The fourth-order valence-electron chi connectivity index (χ4n) is 1.51. The van der Waals surface area contributed by atoms with Gasteiger partial charge in [-0.2, -0.15) is 0 Å². The summed E-state index contributed by atoms with van der Waals surface area (Å²) in [6.45, 7) is 2.62. The molecule has 0 bridgehead atoms. The minimum Gasteiger partial charge on any atom is -0.466 e. The second-order valence-electron chi connectivity index (χ2n) is 4.02. The summed E-state index contributed by atoms with van der Waals surface area (Å²) in [5, 5.41) is 5.01. The van der Waals surface area contributed by atoms with E-state index in [0.29, 0.717) is 13.2 Å². The van der Waals surface area contributed by atoms with Gasteiger partial charge < -0.3 is 9.64 Å². The predicted molar refractivity (Wildman–Crippen MR) is 72.3 cm³/mol. The lowest BCUT2D eigenvalue weighted by Gasteiger charge is -2.18. The van der Waals surface area contributed by atoms with Gasteiger partial charge in [-0.05, 0) is 31.2 Å². The molecule has 1 aromatic rings. The molecule has 106 valence electrons. The first-order valence-corrected chi connectivity index (χ1v) is 7.39. The van der Waals surface area contributed by atoms with Crippen molar-refractivity contribution in [2.24, 2.45) is 5.14 Å². The molecule has 1 rings (SSSR count). The summed E-state index contributed by atoms with van der Waals surface area (Å²) in [5.41, 5.74) is 0.802. The molecule has 0 aliphatic heterocycles. The van der Waals surface area contributed by atoms with Crippen molar-refractivity contribution in [1.29, 1.82) is 0 Å². The van der Waals surface area contributed by atoms with Crippen LogP contribution in [0.25, 0.3) is 0 Å². The van der Waals surface area contributed by atoms with Gasteiger partial charge in [0.1, 0.15) is 0 Å². The number of hydrogen-bond acceptors (Lipinski definition) is 5. The van der Waals surface area contributed by atoms with E-state index < -0.39 is 10.0 Å². The summed E-state index contributed by atoms with van der Waals surface area (Å²) in [6, 6.07) is 6.16. The third-order valence-corrected chi connectivity index (χ3v) is 3.49. The van der Waals surface area contributed by atoms with Crippen molar-refractivity contribution < 1.29 is 17.9 Å². The number of primary sulfonamides is 1. The number of nitrogens with zero attached hydrogens (tertiary/aromatic N) is 1. The van der Waals surface area contributed by atoms with Gasteiger partial charge in [0.2, 0.25) is 10.0 Å². The van der Waals surface area contributed by atoms with Gasteiger partial charge in [-0.1, -0.05) is 0 Å². The Morgan fingerprint density at radius 3 is 2.37 bits per heavy atom. The lowest BCUT2D eigenvalue weighted by molar-refractivity contribution is -0.142. The molecule has 0 saturated carbocycles. The van der Waals surface area contributed by atoms with E-state index in [1.54, 1.807) is 19.1 Å². The highest BCUT2D eigenvalue weighted by atomic mass is 32.2. The number of esters is 1.